The standard InChI is InChI=1S/C28H25N7O2/c1-16-21-13-20(8-9-22(21)31-15-30-16)26-25(19-7-5-6-18(12-19)14-29)33-24-11-10-23(34-35(24)26)27(36)32-17(2)28(3,4)37/h5-13,15,17,37H,1-4H3,(H,32,36)/t17-/m0/s1. The minimum Gasteiger partial charge on any atom is -0.388 e. The van der Waals surface area contributed by atoms with Crippen LogP contribution in [0.5, 0.6) is 0 Å². The van der Waals surface area contributed by atoms with E-state index in [0.29, 0.717) is 22.6 Å². The van der Waals surface area contributed by atoms with Crippen LogP contribution in [0.1, 0.15) is 42.5 Å². The molecule has 0 aliphatic heterocycles. The molecule has 5 rings (SSSR count). The SMILES string of the molecule is Cc1ncnc2ccc(-c3c(-c4cccc(C#N)c4)nc4ccc(C(=O)N[C@@H](C)C(C)(C)O)nn34)cc12. The summed E-state index contributed by atoms with van der Waals surface area (Å²) >= 11 is 0. The van der Waals surface area contributed by atoms with E-state index in [-0.39, 0.29) is 5.69 Å². The number of hydrogen-bond donors (Lipinski definition) is 2. The highest BCUT2D eigenvalue weighted by Gasteiger charge is 2.25. The molecule has 0 fully saturated rings. The number of carbonyl (C=O) groups is 1. The van der Waals surface area contributed by atoms with Crippen molar-refractivity contribution in [3.63, 3.8) is 0 Å². The molecule has 5 aromatic rings. The zero-order valence-corrected chi connectivity index (χ0v) is 20.9. The van der Waals surface area contributed by atoms with E-state index in [4.69, 9.17) is 4.98 Å². The molecule has 9 heteroatoms. The monoisotopic (exact) mass is 491 g/mol. The van der Waals surface area contributed by atoms with Gasteiger partial charge in [0.2, 0.25) is 0 Å². The number of benzene rings is 2. The first-order chi connectivity index (χ1) is 17.7. The molecule has 0 unspecified atom stereocenters. The summed E-state index contributed by atoms with van der Waals surface area (Å²) in [5, 5.41) is 28.0. The molecular weight excluding hydrogens is 466 g/mol. The van der Waals surface area contributed by atoms with Gasteiger partial charge in [-0.15, -0.1) is 0 Å². The third-order valence-electron chi connectivity index (χ3n) is 6.49. The van der Waals surface area contributed by atoms with Crippen LogP contribution in [0.15, 0.2) is 60.9 Å². The Kier molecular flexibility index (Phi) is 5.90. The van der Waals surface area contributed by atoms with Crippen molar-refractivity contribution >= 4 is 22.5 Å². The van der Waals surface area contributed by atoms with Gasteiger partial charge in [0.15, 0.2) is 5.65 Å². The molecule has 37 heavy (non-hydrogen) atoms. The Morgan fingerprint density at radius 3 is 2.68 bits per heavy atom. The fourth-order valence-corrected chi connectivity index (χ4v) is 4.03. The van der Waals surface area contributed by atoms with E-state index in [0.717, 1.165) is 27.7 Å². The molecule has 1 atom stereocenters. The van der Waals surface area contributed by atoms with E-state index in [2.05, 4.69) is 26.5 Å². The first kappa shape index (κ1) is 24.0. The van der Waals surface area contributed by atoms with E-state index in [1.165, 1.54) is 6.33 Å². The Morgan fingerprint density at radius 2 is 1.92 bits per heavy atom. The van der Waals surface area contributed by atoms with Crippen molar-refractivity contribution in [1.82, 2.24) is 29.9 Å². The summed E-state index contributed by atoms with van der Waals surface area (Å²) in [4.78, 5) is 26.5. The van der Waals surface area contributed by atoms with Gasteiger partial charge < -0.3 is 10.4 Å². The van der Waals surface area contributed by atoms with E-state index in [1.807, 2.05) is 37.3 Å². The van der Waals surface area contributed by atoms with Crippen LogP contribution in [0.3, 0.4) is 0 Å². The van der Waals surface area contributed by atoms with Gasteiger partial charge in [-0.3, -0.25) is 4.79 Å². The molecule has 0 bridgehead atoms. The number of aryl methyl sites for hydroxylation is 1. The Balaban J connectivity index is 1.73. The lowest BCUT2D eigenvalue weighted by Crippen LogP contribution is -2.47. The van der Waals surface area contributed by atoms with Gasteiger partial charge in [-0.1, -0.05) is 18.2 Å². The van der Waals surface area contributed by atoms with Crippen molar-refractivity contribution in [3.05, 3.63) is 77.9 Å². The van der Waals surface area contributed by atoms with Crippen molar-refractivity contribution in [1.29, 1.82) is 5.26 Å². The first-order valence-corrected chi connectivity index (χ1v) is 11.8. The van der Waals surface area contributed by atoms with Gasteiger partial charge in [0.25, 0.3) is 5.91 Å². The summed E-state index contributed by atoms with van der Waals surface area (Å²) < 4.78 is 1.64. The second-order valence-electron chi connectivity index (χ2n) is 9.53. The highest BCUT2D eigenvalue weighted by molar-refractivity contribution is 5.93. The fourth-order valence-electron chi connectivity index (χ4n) is 4.03. The Hall–Kier alpha value is -4.68. The number of carbonyl (C=O) groups excluding carboxylic acids is 1. The maximum absolute atomic E-state index is 13.0. The van der Waals surface area contributed by atoms with Crippen molar-refractivity contribution in [3.8, 4) is 28.6 Å². The van der Waals surface area contributed by atoms with Crippen molar-refractivity contribution in [2.24, 2.45) is 0 Å². The van der Waals surface area contributed by atoms with Gasteiger partial charge in [-0.25, -0.2) is 19.5 Å². The average Bonchev–Trinajstić information content (AvgIpc) is 3.27. The summed E-state index contributed by atoms with van der Waals surface area (Å²) in [6, 6.07) is 18.1. The molecule has 0 aliphatic carbocycles. The Morgan fingerprint density at radius 1 is 1.11 bits per heavy atom. The van der Waals surface area contributed by atoms with Crippen LogP contribution in [0.25, 0.3) is 39.1 Å². The molecule has 3 heterocycles. The number of imidazole rings is 1. The molecule has 2 aromatic carbocycles. The van der Waals surface area contributed by atoms with Crippen LogP contribution < -0.4 is 5.32 Å². The third-order valence-corrected chi connectivity index (χ3v) is 6.49. The molecule has 184 valence electrons. The van der Waals surface area contributed by atoms with E-state index < -0.39 is 17.6 Å². The predicted molar refractivity (Wildman–Crippen MR) is 140 cm³/mol. The molecule has 0 aliphatic rings. The maximum Gasteiger partial charge on any atom is 0.272 e. The van der Waals surface area contributed by atoms with Gasteiger partial charge in [0.1, 0.15) is 17.7 Å². The number of amides is 1. The van der Waals surface area contributed by atoms with Crippen LogP contribution in [0, 0.1) is 18.3 Å². The highest BCUT2D eigenvalue weighted by atomic mass is 16.3. The van der Waals surface area contributed by atoms with Gasteiger partial charge in [0.05, 0.1) is 34.5 Å². The number of hydrogen-bond acceptors (Lipinski definition) is 7. The molecule has 9 nitrogen and oxygen atoms in total. The molecule has 2 N–H and O–H groups in total. The molecule has 0 saturated heterocycles. The van der Waals surface area contributed by atoms with E-state index in [1.54, 1.807) is 49.6 Å². The lowest BCUT2D eigenvalue weighted by atomic mass is 10.0. The number of aromatic nitrogens is 5. The van der Waals surface area contributed by atoms with Crippen LogP contribution in [-0.2, 0) is 0 Å². The summed E-state index contributed by atoms with van der Waals surface area (Å²) in [5.41, 5.74) is 4.64. The first-order valence-electron chi connectivity index (χ1n) is 11.8. The lowest BCUT2D eigenvalue weighted by molar-refractivity contribution is 0.0407. The zero-order valence-electron chi connectivity index (χ0n) is 20.9. The summed E-state index contributed by atoms with van der Waals surface area (Å²) in [6.07, 6.45) is 1.53. The number of nitriles is 1. The van der Waals surface area contributed by atoms with Crippen molar-refractivity contribution < 1.29 is 9.90 Å². The number of nitrogens with zero attached hydrogens (tertiary/aromatic N) is 6. The summed E-state index contributed by atoms with van der Waals surface area (Å²) in [7, 11) is 0. The smallest absolute Gasteiger partial charge is 0.272 e. The second-order valence-corrected chi connectivity index (χ2v) is 9.53. The van der Waals surface area contributed by atoms with Crippen LogP contribution >= 0.6 is 0 Å². The number of aliphatic hydroxyl groups is 1. The quantitative estimate of drug-likeness (QED) is 0.379. The Labute approximate surface area is 213 Å². The summed E-state index contributed by atoms with van der Waals surface area (Å²) in [6.45, 7) is 6.92. The fraction of sp³-hybridized carbons (Fsp3) is 0.214. The summed E-state index contributed by atoms with van der Waals surface area (Å²) in [5.74, 6) is -0.410. The molecule has 0 radical (unpaired) electrons. The van der Waals surface area contributed by atoms with E-state index in [9.17, 15) is 15.2 Å². The number of fused-ring (bicyclic) bond motifs is 2. The van der Waals surface area contributed by atoms with Crippen molar-refractivity contribution in [2.45, 2.75) is 39.3 Å². The largest absolute Gasteiger partial charge is 0.388 e. The third kappa shape index (κ3) is 4.50. The molecular formula is C28H25N7O2. The van der Waals surface area contributed by atoms with Gasteiger partial charge in [-0.05, 0) is 64.1 Å². The molecule has 0 spiro atoms. The second kappa shape index (κ2) is 9.08. The molecule has 0 saturated carbocycles. The minimum atomic E-state index is -1.09. The van der Waals surface area contributed by atoms with Gasteiger partial charge in [-0.2, -0.15) is 10.4 Å². The van der Waals surface area contributed by atoms with E-state index >= 15 is 0 Å². The van der Waals surface area contributed by atoms with Crippen LogP contribution in [0.4, 0.5) is 0 Å². The highest BCUT2D eigenvalue weighted by Crippen LogP contribution is 2.34. The number of nitrogens with one attached hydrogen (secondary N) is 1. The Bertz CT molecular complexity index is 1710. The van der Waals surface area contributed by atoms with Crippen molar-refractivity contribution in [2.75, 3.05) is 0 Å². The number of rotatable bonds is 5. The van der Waals surface area contributed by atoms with Gasteiger partial charge >= 0.3 is 0 Å². The lowest BCUT2D eigenvalue weighted by Gasteiger charge is -2.26. The predicted octanol–water partition coefficient (Wildman–Crippen LogP) is 4.08. The maximum atomic E-state index is 13.0. The topological polar surface area (TPSA) is 129 Å². The minimum absolute atomic E-state index is 0.180. The zero-order chi connectivity index (χ0) is 26.3. The average molecular weight is 492 g/mol. The van der Waals surface area contributed by atoms with Gasteiger partial charge in [0, 0.05) is 22.2 Å². The normalized spacial score (nSPS) is 12.4. The molecule has 3 aromatic heterocycles. The van der Waals surface area contributed by atoms with Crippen LogP contribution in [0.2, 0.25) is 0 Å². The molecule has 1 amide bonds. The van der Waals surface area contributed by atoms with Crippen LogP contribution in [-0.4, -0.2) is 47.2 Å².